The van der Waals surface area contributed by atoms with Crippen LogP contribution in [0.4, 0.5) is 0 Å². The molecule has 0 saturated heterocycles. The summed E-state index contributed by atoms with van der Waals surface area (Å²) >= 11 is 1.67. The zero-order valence-corrected chi connectivity index (χ0v) is 11.3. The average molecular weight is 252 g/mol. The highest BCUT2D eigenvalue weighted by molar-refractivity contribution is 7.09. The fourth-order valence-electron chi connectivity index (χ4n) is 2.09. The molecule has 2 N–H and O–H groups in total. The van der Waals surface area contributed by atoms with Crippen molar-refractivity contribution in [3.63, 3.8) is 0 Å². The summed E-state index contributed by atoms with van der Waals surface area (Å²) in [5.41, 5.74) is 8.99. The van der Waals surface area contributed by atoms with Crippen LogP contribution >= 0.6 is 11.3 Å². The van der Waals surface area contributed by atoms with Crippen LogP contribution in [0.15, 0.2) is 10.5 Å². The van der Waals surface area contributed by atoms with Crippen LogP contribution in [0.3, 0.4) is 0 Å². The van der Waals surface area contributed by atoms with Crippen molar-refractivity contribution in [2.75, 3.05) is 7.05 Å². The minimum Gasteiger partial charge on any atom is -0.370 e. The highest BCUT2D eigenvalue weighted by Crippen LogP contribution is 2.21. The fraction of sp³-hybridized carbons (Fsp3) is 0.667. The zero-order chi connectivity index (χ0) is 12.3. The molecular formula is C12H20N4S. The van der Waals surface area contributed by atoms with Gasteiger partial charge in [0.25, 0.3) is 0 Å². The molecule has 1 aromatic rings. The summed E-state index contributed by atoms with van der Waals surface area (Å²) in [5, 5.41) is 0. The number of aryl methyl sites for hydroxylation is 1. The van der Waals surface area contributed by atoms with Gasteiger partial charge >= 0.3 is 0 Å². The highest BCUT2D eigenvalue weighted by atomic mass is 32.1. The predicted molar refractivity (Wildman–Crippen MR) is 72.2 cm³/mol. The third-order valence-corrected chi connectivity index (χ3v) is 4.18. The lowest BCUT2D eigenvalue weighted by Crippen LogP contribution is -2.34. The Balaban J connectivity index is 1.95. The van der Waals surface area contributed by atoms with Crippen LogP contribution in [0, 0.1) is 6.92 Å². The Morgan fingerprint density at radius 3 is 2.88 bits per heavy atom. The van der Waals surface area contributed by atoms with Crippen molar-refractivity contribution in [1.82, 2.24) is 9.88 Å². The Bertz CT molecular complexity index is 393. The van der Waals surface area contributed by atoms with E-state index < -0.39 is 0 Å². The molecule has 1 saturated carbocycles. The molecule has 1 aromatic heterocycles. The van der Waals surface area contributed by atoms with Gasteiger partial charge in [0, 0.05) is 11.9 Å². The largest absolute Gasteiger partial charge is 0.370 e. The van der Waals surface area contributed by atoms with E-state index in [0.29, 0.717) is 12.0 Å². The van der Waals surface area contributed by atoms with Gasteiger partial charge in [0.2, 0.25) is 0 Å². The SMILES string of the molecule is Cc1ncsc1CN(C)C(N)=NC1CCCC1. The van der Waals surface area contributed by atoms with E-state index in [1.165, 1.54) is 30.6 Å². The van der Waals surface area contributed by atoms with Gasteiger partial charge < -0.3 is 10.6 Å². The van der Waals surface area contributed by atoms with Crippen LogP contribution in [-0.2, 0) is 6.54 Å². The number of aromatic nitrogens is 1. The lowest BCUT2D eigenvalue weighted by molar-refractivity contribution is 0.489. The first-order valence-electron chi connectivity index (χ1n) is 6.10. The first-order chi connectivity index (χ1) is 8.16. The Morgan fingerprint density at radius 2 is 2.29 bits per heavy atom. The van der Waals surface area contributed by atoms with Gasteiger partial charge in [-0.1, -0.05) is 12.8 Å². The Labute approximate surface area is 107 Å². The van der Waals surface area contributed by atoms with Crippen molar-refractivity contribution >= 4 is 17.3 Å². The number of thiazole rings is 1. The third-order valence-electron chi connectivity index (χ3n) is 3.26. The Morgan fingerprint density at radius 1 is 1.59 bits per heavy atom. The fourth-order valence-corrected chi connectivity index (χ4v) is 2.92. The normalized spacial score (nSPS) is 17.6. The number of nitrogens with zero attached hydrogens (tertiary/aromatic N) is 3. The standard InChI is InChI=1S/C12H20N4S/c1-9-11(17-8-14-9)7-16(2)12(13)15-10-5-3-4-6-10/h8,10H,3-7H2,1-2H3,(H2,13,15). The van der Waals surface area contributed by atoms with E-state index in [4.69, 9.17) is 5.73 Å². The van der Waals surface area contributed by atoms with Gasteiger partial charge in [-0.2, -0.15) is 0 Å². The second kappa shape index (κ2) is 5.49. The summed E-state index contributed by atoms with van der Waals surface area (Å²) in [6.07, 6.45) is 4.96. The van der Waals surface area contributed by atoms with Crippen LogP contribution < -0.4 is 5.73 Å². The number of rotatable bonds is 3. The first kappa shape index (κ1) is 12.4. The summed E-state index contributed by atoms with van der Waals surface area (Å²) < 4.78 is 0. The van der Waals surface area contributed by atoms with Crippen molar-refractivity contribution in [2.45, 2.75) is 45.2 Å². The molecule has 0 spiro atoms. The Kier molecular flexibility index (Phi) is 3.99. The second-order valence-corrected chi connectivity index (χ2v) is 5.58. The molecule has 0 aliphatic heterocycles. The topological polar surface area (TPSA) is 54.5 Å². The zero-order valence-electron chi connectivity index (χ0n) is 10.5. The molecule has 5 heteroatoms. The van der Waals surface area contributed by atoms with E-state index in [9.17, 15) is 0 Å². The predicted octanol–water partition coefficient (Wildman–Crippen LogP) is 2.14. The minimum atomic E-state index is 0.444. The molecule has 0 amide bonds. The number of aliphatic imine (C=N–C) groups is 1. The number of hydrogen-bond donors (Lipinski definition) is 1. The molecule has 1 fully saturated rings. The lowest BCUT2D eigenvalue weighted by Gasteiger charge is -2.18. The van der Waals surface area contributed by atoms with E-state index in [2.05, 4.69) is 9.98 Å². The third kappa shape index (κ3) is 3.19. The van der Waals surface area contributed by atoms with Gasteiger partial charge in [-0.25, -0.2) is 9.98 Å². The summed E-state index contributed by atoms with van der Waals surface area (Å²) in [7, 11) is 1.99. The van der Waals surface area contributed by atoms with Crippen LogP contribution in [-0.4, -0.2) is 28.9 Å². The molecular weight excluding hydrogens is 232 g/mol. The second-order valence-electron chi connectivity index (χ2n) is 4.64. The molecule has 4 nitrogen and oxygen atoms in total. The lowest BCUT2D eigenvalue weighted by atomic mass is 10.3. The maximum Gasteiger partial charge on any atom is 0.191 e. The molecule has 0 atom stereocenters. The molecule has 1 heterocycles. The van der Waals surface area contributed by atoms with E-state index in [1.807, 2.05) is 24.4 Å². The summed E-state index contributed by atoms with van der Waals surface area (Å²) in [4.78, 5) is 12.1. The molecule has 2 rings (SSSR count). The highest BCUT2D eigenvalue weighted by Gasteiger charge is 2.15. The van der Waals surface area contributed by atoms with E-state index in [0.717, 1.165) is 12.2 Å². The minimum absolute atomic E-state index is 0.444. The van der Waals surface area contributed by atoms with Crippen molar-refractivity contribution in [3.05, 3.63) is 16.1 Å². The van der Waals surface area contributed by atoms with Gasteiger partial charge in [-0.15, -0.1) is 11.3 Å². The number of guanidine groups is 1. The van der Waals surface area contributed by atoms with E-state index >= 15 is 0 Å². The smallest absolute Gasteiger partial charge is 0.191 e. The summed E-state index contributed by atoms with van der Waals surface area (Å²) in [5.74, 6) is 0.657. The average Bonchev–Trinajstić information content (AvgIpc) is 2.91. The monoisotopic (exact) mass is 252 g/mol. The number of nitrogens with two attached hydrogens (primary N) is 1. The quantitative estimate of drug-likeness (QED) is 0.662. The van der Waals surface area contributed by atoms with Crippen molar-refractivity contribution in [3.8, 4) is 0 Å². The summed E-state index contributed by atoms with van der Waals surface area (Å²) in [6.45, 7) is 2.84. The molecule has 17 heavy (non-hydrogen) atoms. The van der Waals surface area contributed by atoms with Gasteiger partial charge in [0.05, 0.1) is 23.8 Å². The molecule has 0 unspecified atom stereocenters. The van der Waals surface area contributed by atoms with E-state index in [-0.39, 0.29) is 0 Å². The molecule has 1 aliphatic carbocycles. The maximum absolute atomic E-state index is 6.02. The Hall–Kier alpha value is -1.10. The molecule has 0 bridgehead atoms. The van der Waals surface area contributed by atoms with Crippen molar-refractivity contribution in [2.24, 2.45) is 10.7 Å². The molecule has 0 aromatic carbocycles. The van der Waals surface area contributed by atoms with Crippen molar-refractivity contribution < 1.29 is 0 Å². The summed E-state index contributed by atoms with van der Waals surface area (Å²) in [6, 6.07) is 0.444. The van der Waals surface area contributed by atoms with Gasteiger partial charge in [0.1, 0.15) is 0 Å². The molecule has 94 valence electrons. The van der Waals surface area contributed by atoms with Gasteiger partial charge in [-0.3, -0.25) is 0 Å². The van der Waals surface area contributed by atoms with Crippen LogP contribution in [0.1, 0.15) is 36.3 Å². The molecule has 1 aliphatic rings. The van der Waals surface area contributed by atoms with Gasteiger partial charge in [-0.05, 0) is 19.8 Å². The first-order valence-corrected chi connectivity index (χ1v) is 6.98. The molecule has 0 radical (unpaired) electrons. The van der Waals surface area contributed by atoms with Crippen LogP contribution in [0.25, 0.3) is 0 Å². The van der Waals surface area contributed by atoms with Crippen LogP contribution in [0.5, 0.6) is 0 Å². The van der Waals surface area contributed by atoms with Crippen molar-refractivity contribution in [1.29, 1.82) is 0 Å². The van der Waals surface area contributed by atoms with Crippen LogP contribution in [0.2, 0.25) is 0 Å². The number of hydrogen-bond acceptors (Lipinski definition) is 3. The maximum atomic E-state index is 6.02. The van der Waals surface area contributed by atoms with Gasteiger partial charge in [0.15, 0.2) is 5.96 Å². The van der Waals surface area contributed by atoms with E-state index in [1.54, 1.807) is 11.3 Å².